The van der Waals surface area contributed by atoms with Crippen molar-refractivity contribution in [3.63, 3.8) is 0 Å². The van der Waals surface area contributed by atoms with Gasteiger partial charge in [-0.3, -0.25) is 5.41 Å². The number of aromatic nitrogens is 3. The normalized spacial score (nSPS) is 10.8. The lowest BCUT2D eigenvalue weighted by molar-refractivity contribution is 1.15. The monoisotopic (exact) mass is 280 g/mol. The molecule has 0 saturated heterocycles. The number of nitrogens with two attached hydrogens (primary N) is 1. The fourth-order valence-corrected chi connectivity index (χ4v) is 2.41. The van der Waals surface area contributed by atoms with E-state index in [0.29, 0.717) is 22.9 Å². The van der Waals surface area contributed by atoms with Crippen LogP contribution in [-0.2, 0) is 0 Å². The number of aryl methyl sites for hydroxylation is 1. The van der Waals surface area contributed by atoms with Crippen molar-refractivity contribution in [1.82, 2.24) is 15.0 Å². The first-order valence-electron chi connectivity index (χ1n) is 6.57. The van der Waals surface area contributed by atoms with Gasteiger partial charge in [-0.05, 0) is 18.6 Å². The standard InChI is InChI=1S/C15H16N6/c1-8-6-19-11-5-9(3-4-10(8)11)13(16)12-14(17)20-7-21-15(12)18-2/h3-7,16,19H,1-2H3,(H3,17,18,20,21). The quantitative estimate of drug-likeness (QED) is 0.553. The maximum Gasteiger partial charge on any atom is 0.140 e. The number of benzene rings is 1. The Kier molecular flexibility index (Phi) is 3.06. The van der Waals surface area contributed by atoms with E-state index in [4.69, 9.17) is 11.1 Å². The highest BCUT2D eigenvalue weighted by molar-refractivity contribution is 6.17. The summed E-state index contributed by atoms with van der Waals surface area (Å²) in [6.07, 6.45) is 3.34. The number of nitrogens with one attached hydrogen (secondary N) is 3. The lowest BCUT2D eigenvalue weighted by Gasteiger charge is -2.11. The number of anilines is 2. The van der Waals surface area contributed by atoms with E-state index in [0.717, 1.165) is 16.5 Å². The molecule has 1 aromatic carbocycles. The fraction of sp³-hybridized carbons (Fsp3) is 0.133. The SMILES string of the molecule is CNc1ncnc(N)c1C(=N)c1ccc2c(C)c[nH]c2c1. The number of aromatic amines is 1. The lowest BCUT2D eigenvalue weighted by Crippen LogP contribution is -2.12. The molecule has 0 aliphatic carbocycles. The summed E-state index contributed by atoms with van der Waals surface area (Å²) in [7, 11) is 1.75. The van der Waals surface area contributed by atoms with Crippen molar-refractivity contribution in [3.05, 3.63) is 47.4 Å². The third-order valence-electron chi connectivity index (χ3n) is 3.54. The van der Waals surface area contributed by atoms with Crippen LogP contribution in [0.15, 0.2) is 30.7 Å². The Morgan fingerprint density at radius 2 is 2.14 bits per heavy atom. The van der Waals surface area contributed by atoms with Gasteiger partial charge in [-0.2, -0.15) is 0 Å². The summed E-state index contributed by atoms with van der Waals surface area (Å²) >= 11 is 0. The van der Waals surface area contributed by atoms with Gasteiger partial charge in [-0.1, -0.05) is 12.1 Å². The van der Waals surface area contributed by atoms with E-state index in [-0.39, 0.29) is 0 Å². The summed E-state index contributed by atoms with van der Waals surface area (Å²) in [6, 6.07) is 5.86. The lowest BCUT2D eigenvalue weighted by atomic mass is 10.0. The van der Waals surface area contributed by atoms with Crippen LogP contribution in [0.25, 0.3) is 10.9 Å². The molecule has 0 fully saturated rings. The van der Waals surface area contributed by atoms with Crippen molar-refractivity contribution in [1.29, 1.82) is 5.41 Å². The van der Waals surface area contributed by atoms with Crippen molar-refractivity contribution in [2.24, 2.45) is 0 Å². The van der Waals surface area contributed by atoms with E-state index in [9.17, 15) is 0 Å². The van der Waals surface area contributed by atoms with Gasteiger partial charge in [0.1, 0.15) is 18.0 Å². The summed E-state index contributed by atoms with van der Waals surface area (Å²) in [4.78, 5) is 11.3. The van der Waals surface area contributed by atoms with Crippen LogP contribution in [0.5, 0.6) is 0 Å². The van der Waals surface area contributed by atoms with Crippen LogP contribution >= 0.6 is 0 Å². The smallest absolute Gasteiger partial charge is 0.140 e. The molecular weight excluding hydrogens is 264 g/mol. The predicted octanol–water partition coefficient (Wildman–Crippen LogP) is 2.31. The molecule has 3 aromatic rings. The minimum atomic E-state index is 0.294. The van der Waals surface area contributed by atoms with Crippen LogP contribution in [0, 0.1) is 12.3 Å². The number of fused-ring (bicyclic) bond motifs is 1. The molecular formula is C15H16N6. The maximum atomic E-state index is 8.42. The number of nitrogen functional groups attached to an aromatic ring is 1. The van der Waals surface area contributed by atoms with Crippen molar-refractivity contribution in [3.8, 4) is 0 Å². The van der Waals surface area contributed by atoms with Gasteiger partial charge in [0.2, 0.25) is 0 Å². The third-order valence-corrected chi connectivity index (χ3v) is 3.54. The van der Waals surface area contributed by atoms with Crippen molar-refractivity contribution in [2.45, 2.75) is 6.92 Å². The fourth-order valence-electron chi connectivity index (χ4n) is 2.41. The average Bonchev–Trinajstić information content (AvgIpc) is 2.87. The Morgan fingerprint density at radius 3 is 2.90 bits per heavy atom. The van der Waals surface area contributed by atoms with Crippen LogP contribution in [0.2, 0.25) is 0 Å². The molecule has 0 saturated carbocycles. The molecule has 3 rings (SSSR count). The number of nitrogens with zero attached hydrogens (tertiary/aromatic N) is 2. The second-order valence-electron chi connectivity index (χ2n) is 4.84. The van der Waals surface area contributed by atoms with E-state index in [1.807, 2.05) is 31.3 Å². The first-order chi connectivity index (χ1) is 10.1. The molecule has 0 atom stereocenters. The van der Waals surface area contributed by atoms with Crippen LogP contribution in [-0.4, -0.2) is 27.7 Å². The largest absolute Gasteiger partial charge is 0.383 e. The molecule has 0 aliphatic rings. The Hall–Kier alpha value is -2.89. The molecule has 0 radical (unpaired) electrons. The second-order valence-corrected chi connectivity index (χ2v) is 4.84. The summed E-state index contributed by atoms with van der Waals surface area (Å²) in [5.41, 5.74) is 9.67. The zero-order valence-electron chi connectivity index (χ0n) is 11.9. The number of hydrogen-bond donors (Lipinski definition) is 4. The van der Waals surface area contributed by atoms with Gasteiger partial charge in [0, 0.05) is 29.7 Å². The minimum absolute atomic E-state index is 0.294. The third kappa shape index (κ3) is 2.10. The molecule has 2 aromatic heterocycles. The van der Waals surface area contributed by atoms with Crippen LogP contribution in [0.4, 0.5) is 11.6 Å². The second kappa shape index (κ2) is 4.90. The Labute approximate surface area is 121 Å². The molecule has 0 unspecified atom stereocenters. The first kappa shape index (κ1) is 13.1. The number of hydrogen-bond acceptors (Lipinski definition) is 5. The van der Waals surface area contributed by atoms with Gasteiger partial charge in [-0.25, -0.2) is 9.97 Å². The summed E-state index contributed by atoms with van der Waals surface area (Å²) in [5.74, 6) is 0.845. The van der Waals surface area contributed by atoms with E-state index in [2.05, 4.69) is 20.3 Å². The van der Waals surface area contributed by atoms with Crippen molar-refractivity contribution >= 4 is 28.3 Å². The molecule has 5 N–H and O–H groups in total. The maximum absolute atomic E-state index is 8.42. The van der Waals surface area contributed by atoms with Crippen molar-refractivity contribution < 1.29 is 0 Å². The van der Waals surface area contributed by atoms with Gasteiger partial charge in [0.05, 0.1) is 11.3 Å². The van der Waals surface area contributed by atoms with Crippen LogP contribution in [0.3, 0.4) is 0 Å². The number of rotatable bonds is 3. The molecule has 21 heavy (non-hydrogen) atoms. The van der Waals surface area contributed by atoms with E-state index < -0.39 is 0 Å². The summed E-state index contributed by atoms with van der Waals surface area (Å²) < 4.78 is 0. The Bertz CT molecular complexity index is 833. The zero-order valence-corrected chi connectivity index (χ0v) is 11.9. The van der Waals surface area contributed by atoms with Crippen LogP contribution < -0.4 is 11.1 Å². The van der Waals surface area contributed by atoms with Gasteiger partial charge in [0.25, 0.3) is 0 Å². The molecule has 2 heterocycles. The summed E-state index contributed by atoms with van der Waals surface area (Å²) in [6.45, 7) is 2.05. The van der Waals surface area contributed by atoms with Crippen LogP contribution in [0.1, 0.15) is 16.7 Å². The summed E-state index contributed by atoms with van der Waals surface area (Å²) in [5, 5.41) is 12.5. The highest BCUT2D eigenvalue weighted by atomic mass is 15.0. The van der Waals surface area contributed by atoms with E-state index >= 15 is 0 Å². The molecule has 0 amide bonds. The van der Waals surface area contributed by atoms with E-state index in [1.54, 1.807) is 7.05 Å². The molecule has 6 nitrogen and oxygen atoms in total. The molecule has 106 valence electrons. The molecule has 0 aliphatic heterocycles. The van der Waals surface area contributed by atoms with Gasteiger partial charge < -0.3 is 16.0 Å². The highest BCUT2D eigenvalue weighted by Crippen LogP contribution is 2.24. The number of H-pyrrole nitrogens is 1. The average molecular weight is 280 g/mol. The zero-order chi connectivity index (χ0) is 15.0. The topological polar surface area (TPSA) is 103 Å². The van der Waals surface area contributed by atoms with Crippen molar-refractivity contribution in [2.75, 3.05) is 18.1 Å². The molecule has 0 spiro atoms. The highest BCUT2D eigenvalue weighted by Gasteiger charge is 2.16. The predicted molar refractivity (Wildman–Crippen MR) is 85.0 cm³/mol. The van der Waals surface area contributed by atoms with Gasteiger partial charge in [0.15, 0.2) is 0 Å². The van der Waals surface area contributed by atoms with Gasteiger partial charge >= 0.3 is 0 Å². The minimum Gasteiger partial charge on any atom is -0.383 e. The Balaban J connectivity index is 2.12. The van der Waals surface area contributed by atoms with Gasteiger partial charge in [-0.15, -0.1) is 0 Å². The first-order valence-corrected chi connectivity index (χ1v) is 6.57. The van der Waals surface area contributed by atoms with E-state index in [1.165, 1.54) is 11.9 Å². The molecule has 6 heteroatoms. The Morgan fingerprint density at radius 1 is 1.33 bits per heavy atom. The molecule has 0 bridgehead atoms.